The predicted molar refractivity (Wildman–Crippen MR) is 74.6 cm³/mol. The number of rotatable bonds is 4. The van der Waals surface area contributed by atoms with Crippen molar-refractivity contribution in [1.82, 2.24) is 4.90 Å². The number of amides is 1. The van der Waals surface area contributed by atoms with Crippen LogP contribution in [0.3, 0.4) is 0 Å². The average molecular weight is 298 g/mol. The lowest BCUT2D eigenvalue weighted by Gasteiger charge is -2.26. The highest BCUT2D eigenvalue weighted by atomic mass is 32.2. The zero-order valence-corrected chi connectivity index (χ0v) is 12.3. The largest absolute Gasteiger partial charge is 0.496 e. The van der Waals surface area contributed by atoms with E-state index in [1.54, 1.807) is 7.11 Å². The van der Waals surface area contributed by atoms with Crippen molar-refractivity contribution in [1.29, 1.82) is 0 Å². The maximum absolute atomic E-state index is 12.0. The number of carbonyl (C=O) groups excluding carboxylic acids is 1. The van der Waals surface area contributed by atoms with Crippen LogP contribution in [0.15, 0.2) is 24.3 Å². The topological polar surface area (TPSA) is 89.7 Å². The SMILES string of the molecule is COc1ccccc1C(C)N1CC(S(N)(=O)=O)CC1=O. The van der Waals surface area contributed by atoms with Crippen LogP contribution in [0.5, 0.6) is 5.75 Å². The van der Waals surface area contributed by atoms with E-state index >= 15 is 0 Å². The molecule has 1 aromatic rings. The molecule has 0 spiro atoms. The molecule has 1 heterocycles. The zero-order valence-electron chi connectivity index (χ0n) is 11.4. The summed E-state index contributed by atoms with van der Waals surface area (Å²) in [7, 11) is -2.13. The molecule has 7 heteroatoms. The highest BCUT2D eigenvalue weighted by molar-refractivity contribution is 7.89. The van der Waals surface area contributed by atoms with Crippen molar-refractivity contribution in [2.24, 2.45) is 5.14 Å². The number of hydrogen-bond acceptors (Lipinski definition) is 4. The highest BCUT2D eigenvalue weighted by Crippen LogP contribution is 2.32. The fraction of sp³-hybridized carbons (Fsp3) is 0.462. The number of hydrogen-bond donors (Lipinski definition) is 1. The van der Waals surface area contributed by atoms with E-state index in [-0.39, 0.29) is 24.9 Å². The minimum absolute atomic E-state index is 0.0572. The summed E-state index contributed by atoms with van der Waals surface area (Å²) in [6.07, 6.45) is -0.0572. The molecule has 1 aliphatic rings. The van der Waals surface area contributed by atoms with Gasteiger partial charge in [0.25, 0.3) is 0 Å². The second kappa shape index (κ2) is 5.41. The van der Waals surface area contributed by atoms with Crippen molar-refractivity contribution in [3.05, 3.63) is 29.8 Å². The van der Waals surface area contributed by atoms with E-state index in [0.29, 0.717) is 5.75 Å². The minimum atomic E-state index is -3.69. The second-order valence-electron chi connectivity index (χ2n) is 4.88. The molecule has 0 aliphatic carbocycles. The first-order chi connectivity index (χ1) is 9.34. The molecule has 2 unspecified atom stereocenters. The third-order valence-electron chi connectivity index (χ3n) is 3.64. The quantitative estimate of drug-likeness (QED) is 0.883. The molecule has 0 saturated carbocycles. The summed E-state index contributed by atoms with van der Waals surface area (Å²) in [5.41, 5.74) is 0.846. The molecule has 1 saturated heterocycles. The van der Waals surface area contributed by atoms with Gasteiger partial charge in [0, 0.05) is 18.5 Å². The molecule has 0 radical (unpaired) electrons. The lowest BCUT2D eigenvalue weighted by molar-refractivity contribution is -0.129. The van der Waals surface area contributed by atoms with Gasteiger partial charge in [-0.2, -0.15) is 0 Å². The maximum Gasteiger partial charge on any atom is 0.224 e. The molecule has 0 bridgehead atoms. The van der Waals surface area contributed by atoms with Crippen molar-refractivity contribution in [2.75, 3.05) is 13.7 Å². The first kappa shape index (κ1) is 14.8. The van der Waals surface area contributed by atoms with Crippen molar-refractivity contribution in [3.8, 4) is 5.75 Å². The van der Waals surface area contributed by atoms with Gasteiger partial charge >= 0.3 is 0 Å². The van der Waals surface area contributed by atoms with Gasteiger partial charge in [-0.3, -0.25) is 4.79 Å². The van der Waals surface area contributed by atoms with Gasteiger partial charge in [0.2, 0.25) is 15.9 Å². The van der Waals surface area contributed by atoms with E-state index in [1.165, 1.54) is 4.90 Å². The summed E-state index contributed by atoms with van der Waals surface area (Å²) in [6, 6.07) is 7.11. The fourth-order valence-electron chi connectivity index (χ4n) is 2.47. The van der Waals surface area contributed by atoms with Crippen molar-refractivity contribution >= 4 is 15.9 Å². The Bertz CT molecular complexity index is 615. The monoisotopic (exact) mass is 298 g/mol. The van der Waals surface area contributed by atoms with E-state index in [4.69, 9.17) is 9.88 Å². The summed E-state index contributed by atoms with van der Waals surface area (Å²) >= 11 is 0. The van der Waals surface area contributed by atoms with Crippen LogP contribution in [0.1, 0.15) is 24.9 Å². The van der Waals surface area contributed by atoms with Crippen LogP contribution in [0.25, 0.3) is 0 Å². The maximum atomic E-state index is 12.0. The van der Waals surface area contributed by atoms with Crippen LogP contribution in [0.4, 0.5) is 0 Å². The van der Waals surface area contributed by atoms with Gasteiger partial charge in [-0.05, 0) is 13.0 Å². The smallest absolute Gasteiger partial charge is 0.224 e. The molecule has 1 amide bonds. The lowest BCUT2D eigenvalue weighted by atomic mass is 10.1. The predicted octanol–water partition coefficient (Wildman–Crippen LogP) is 0.646. The number of nitrogens with zero attached hydrogens (tertiary/aromatic N) is 1. The zero-order chi connectivity index (χ0) is 14.9. The molecule has 6 nitrogen and oxygen atoms in total. The Balaban J connectivity index is 2.26. The van der Waals surface area contributed by atoms with Gasteiger partial charge in [0.05, 0.1) is 13.2 Å². The van der Waals surface area contributed by atoms with Crippen LogP contribution in [0.2, 0.25) is 0 Å². The number of carbonyl (C=O) groups is 1. The first-order valence-electron chi connectivity index (χ1n) is 6.28. The van der Waals surface area contributed by atoms with E-state index in [2.05, 4.69) is 0 Å². The number of sulfonamides is 1. The molecule has 1 aliphatic heterocycles. The third kappa shape index (κ3) is 2.78. The van der Waals surface area contributed by atoms with Crippen molar-refractivity contribution < 1.29 is 17.9 Å². The minimum Gasteiger partial charge on any atom is -0.496 e. The molecule has 1 aromatic carbocycles. The Morgan fingerprint density at radius 2 is 2.05 bits per heavy atom. The average Bonchev–Trinajstić information content (AvgIpc) is 2.80. The van der Waals surface area contributed by atoms with Gasteiger partial charge in [0.1, 0.15) is 11.0 Å². The number of para-hydroxylation sites is 1. The van der Waals surface area contributed by atoms with E-state index in [0.717, 1.165) is 5.56 Å². The highest BCUT2D eigenvalue weighted by Gasteiger charge is 2.39. The molecule has 2 rings (SSSR count). The Morgan fingerprint density at radius 1 is 1.40 bits per heavy atom. The summed E-state index contributed by atoms with van der Waals surface area (Å²) in [4.78, 5) is 13.5. The van der Waals surface area contributed by atoms with Gasteiger partial charge < -0.3 is 9.64 Å². The van der Waals surface area contributed by atoms with Gasteiger partial charge in [-0.25, -0.2) is 13.6 Å². The van der Waals surface area contributed by atoms with Crippen LogP contribution < -0.4 is 9.88 Å². The normalized spacial score (nSPS) is 21.1. The number of ether oxygens (including phenoxy) is 1. The van der Waals surface area contributed by atoms with Gasteiger partial charge in [0.15, 0.2) is 0 Å². The third-order valence-corrected chi connectivity index (χ3v) is 4.89. The number of benzene rings is 1. The summed E-state index contributed by atoms with van der Waals surface area (Å²) in [5.74, 6) is 0.467. The van der Waals surface area contributed by atoms with Gasteiger partial charge in [-0.1, -0.05) is 18.2 Å². The Morgan fingerprint density at radius 3 is 2.60 bits per heavy atom. The Hall–Kier alpha value is -1.60. The lowest BCUT2D eigenvalue weighted by Crippen LogP contribution is -2.33. The van der Waals surface area contributed by atoms with Crippen LogP contribution >= 0.6 is 0 Å². The Labute approximate surface area is 118 Å². The number of primary sulfonamides is 1. The molecule has 20 heavy (non-hydrogen) atoms. The molecule has 2 N–H and O–H groups in total. The van der Waals surface area contributed by atoms with E-state index in [1.807, 2.05) is 31.2 Å². The first-order valence-corrected chi connectivity index (χ1v) is 7.89. The van der Waals surface area contributed by atoms with Crippen LogP contribution in [-0.2, 0) is 14.8 Å². The molecule has 2 atom stereocenters. The van der Waals surface area contributed by atoms with Gasteiger partial charge in [-0.15, -0.1) is 0 Å². The number of methoxy groups -OCH3 is 1. The van der Waals surface area contributed by atoms with Crippen molar-refractivity contribution in [2.45, 2.75) is 24.6 Å². The molecule has 110 valence electrons. The fourth-order valence-corrected chi connectivity index (χ4v) is 3.21. The summed E-state index contributed by atoms with van der Waals surface area (Å²) in [6.45, 7) is 1.97. The summed E-state index contributed by atoms with van der Waals surface area (Å²) < 4.78 is 28.0. The second-order valence-corrected chi connectivity index (χ2v) is 6.72. The van der Waals surface area contributed by atoms with Crippen molar-refractivity contribution in [3.63, 3.8) is 0 Å². The summed E-state index contributed by atoms with van der Waals surface area (Å²) in [5, 5.41) is 4.30. The molecule has 1 fully saturated rings. The van der Waals surface area contributed by atoms with E-state index in [9.17, 15) is 13.2 Å². The van der Waals surface area contributed by atoms with Crippen LogP contribution in [-0.4, -0.2) is 38.1 Å². The molecule has 0 aromatic heterocycles. The number of nitrogens with two attached hydrogens (primary N) is 1. The molecular formula is C13H18N2O4S. The number of likely N-dealkylation sites (tertiary alicyclic amines) is 1. The van der Waals surface area contributed by atoms with E-state index < -0.39 is 15.3 Å². The molecular weight excluding hydrogens is 280 g/mol. The Kier molecular flexibility index (Phi) is 4.01. The standard InChI is InChI=1S/C13H18N2O4S/c1-9(11-5-3-4-6-12(11)19-2)15-8-10(7-13(15)16)20(14,17)18/h3-6,9-10H,7-8H2,1-2H3,(H2,14,17,18). The van der Waals surface area contributed by atoms with Crippen LogP contribution in [0, 0.1) is 0 Å².